The standard InChI is InChI=1S/C11H10FN3O/c1-6-5-7(8-3-2-4-14-8)9(12)10(15-6)11(13)16/h2-5,14H,1H3,(H2,13,16). The number of hydrogen-bond donors (Lipinski definition) is 2. The maximum absolute atomic E-state index is 13.9. The van der Waals surface area contributed by atoms with Crippen molar-refractivity contribution in [3.05, 3.63) is 41.6 Å². The van der Waals surface area contributed by atoms with E-state index in [4.69, 9.17) is 5.73 Å². The molecule has 0 unspecified atom stereocenters. The van der Waals surface area contributed by atoms with Crippen LogP contribution in [0.5, 0.6) is 0 Å². The Morgan fingerprint density at radius 2 is 2.31 bits per heavy atom. The molecule has 0 aliphatic carbocycles. The van der Waals surface area contributed by atoms with E-state index in [0.29, 0.717) is 17.0 Å². The highest BCUT2D eigenvalue weighted by molar-refractivity contribution is 5.92. The molecule has 2 aromatic heterocycles. The van der Waals surface area contributed by atoms with E-state index >= 15 is 0 Å². The Morgan fingerprint density at radius 1 is 1.56 bits per heavy atom. The molecular formula is C11H10FN3O. The molecule has 0 atom stereocenters. The minimum Gasteiger partial charge on any atom is -0.364 e. The Morgan fingerprint density at radius 3 is 2.88 bits per heavy atom. The molecule has 0 saturated heterocycles. The predicted molar refractivity (Wildman–Crippen MR) is 57.2 cm³/mol. The van der Waals surface area contributed by atoms with Gasteiger partial charge in [0.25, 0.3) is 5.91 Å². The minimum atomic E-state index is -0.867. The van der Waals surface area contributed by atoms with Crippen LogP contribution in [0.15, 0.2) is 24.4 Å². The topological polar surface area (TPSA) is 71.8 Å². The van der Waals surface area contributed by atoms with Gasteiger partial charge in [-0.15, -0.1) is 0 Å². The molecule has 0 aliphatic rings. The van der Waals surface area contributed by atoms with Gasteiger partial charge in [-0.25, -0.2) is 9.37 Å². The Balaban J connectivity index is 2.67. The van der Waals surface area contributed by atoms with Gasteiger partial charge in [0.2, 0.25) is 0 Å². The molecule has 0 aromatic carbocycles. The van der Waals surface area contributed by atoms with Gasteiger partial charge in [0.1, 0.15) is 0 Å². The van der Waals surface area contributed by atoms with Crippen molar-refractivity contribution in [3.8, 4) is 11.3 Å². The van der Waals surface area contributed by atoms with Gasteiger partial charge in [0, 0.05) is 23.1 Å². The summed E-state index contributed by atoms with van der Waals surface area (Å²) >= 11 is 0. The number of hydrogen-bond acceptors (Lipinski definition) is 2. The Bertz CT molecular complexity index is 534. The lowest BCUT2D eigenvalue weighted by molar-refractivity contribution is 0.0991. The van der Waals surface area contributed by atoms with Crippen LogP contribution >= 0.6 is 0 Å². The zero-order chi connectivity index (χ0) is 11.7. The third kappa shape index (κ3) is 1.67. The average Bonchev–Trinajstić information content (AvgIpc) is 2.73. The van der Waals surface area contributed by atoms with Crippen molar-refractivity contribution in [1.82, 2.24) is 9.97 Å². The second kappa shape index (κ2) is 3.77. The van der Waals surface area contributed by atoms with Crippen LogP contribution in [-0.4, -0.2) is 15.9 Å². The summed E-state index contributed by atoms with van der Waals surface area (Å²) in [6.45, 7) is 1.68. The highest BCUT2D eigenvalue weighted by Crippen LogP contribution is 2.23. The van der Waals surface area contributed by atoms with Gasteiger partial charge in [-0.05, 0) is 25.1 Å². The zero-order valence-corrected chi connectivity index (χ0v) is 8.62. The number of nitrogens with one attached hydrogen (secondary N) is 1. The number of carbonyl (C=O) groups excluding carboxylic acids is 1. The SMILES string of the molecule is Cc1cc(-c2ccc[nH]2)c(F)c(C(N)=O)n1. The number of primary amides is 1. The van der Waals surface area contributed by atoms with Crippen molar-refractivity contribution in [2.24, 2.45) is 5.73 Å². The van der Waals surface area contributed by atoms with E-state index in [1.807, 2.05) is 0 Å². The van der Waals surface area contributed by atoms with Crippen LogP contribution in [0, 0.1) is 12.7 Å². The molecule has 0 spiro atoms. The molecule has 1 amide bonds. The van der Waals surface area contributed by atoms with E-state index in [-0.39, 0.29) is 5.69 Å². The Labute approximate surface area is 91.3 Å². The number of amides is 1. The lowest BCUT2D eigenvalue weighted by Crippen LogP contribution is -2.16. The third-order valence-electron chi connectivity index (χ3n) is 2.21. The van der Waals surface area contributed by atoms with Crippen LogP contribution in [-0.2, 0) is 0 Å². The summed E-state index contributed by atoms with van der Waals surface area (Å²) in [7, 11) is 0. The van der Waals surface area contributed by atoms with Gasteiger partial charge in [-0.3, -0.25) is 4.79 Å². The molecule has 2 heterocycles. The molecule has 0 saturated carbocycles. The van der Waals surface area contributed by atoms with Gasteiger partial charge >= 0.3 is 0 Å². The predicted octanol–water partition coefficient (Wildman–Crippen LogP) is 1.62. The summed E-state index contributed by atoms with van der Waals surface area (Å²) in [6.07, 6.45) is 1.68. The van der Waals surface area contributed by atoms with Crippen LogP contribution in [0.4, 0.5) is 4.39 Å². The van der Waals surface area contributed by atoms with Gasteiger partial charge < -0.3 is 10.7 Å². The van der Waals surface area contributed by atoms with Crippen molar-refractivity contribution < 1.29 is 9.18 Å². The van der Waals surface area contributed by atoms with Crippen LogP contribution in [0.25, 0.3) is 11.3 Å². The normalized spacial score (nSPS) is 10.4. The number of aryl methyl sites for hydroxylation is 1. The number of H-pyrrole nitrogens is 1. The molecule has 0 fully saturated rings. The number of aromatic nitrogens is 2. The lowest BCUT2D eigenvalue weighted by Gasteiger charge is -2.05. The monoisotopic (exact) mass is 219 g/mol. The first-order valence-electron chi connectivity index (χ1n) is 4.70. The molecule has 2 aromatic rings. The minimum absolute atomic E-state index is 0.298. The largest absolute Gasteiger partial charge is 0.364 e. The zero-order valence-electron chi connectivity index (χ0n) is 8.62. The van der Waals surface area contributed by atoms with Crippen LogP contribution in [0.2, 0.25) is 0 Å². The van der Waals surface area contributed by atoms with Crippen LogP contribution < -0.4 is 5.73 Å². The van der Waals surface area contributed by atoms with Crippen LogP contribution in [0.1, 0.15) is 16.2 Å². The van der Waals surface area contributed by atoms with Crippen molar-refractivity contribution in [3.63, 3.8) is 0 Å². The van der Waals surface area contributed by atoms with Crippen LogP contribution in [0.3, 0.4) is 0 Å². The molecule has 0 radical (unpaired) electrons. The Hall–Kier alpha value is -2.17. The van der Waals surface area contributed by atoms with E-state index in [2.05, 4.69) is 9.97 Å². The number of halogens is 1. The molecule has 16 heavy (non-hydrogen) atoms. The number of nitrogens with zero attached hydrogens (tertiary/aromatic N) is 1. The van der Waals surface area contributed by atoms with Gasteiger partial charge in [-0.2, -0.15) is 0 Å². The number of pyridine rings is 1. The Kier molecular flexibility index (Phi) is 2.44. The van der Waals surface area contributed by atoms with Gasteiger partial charge in [-0.1, -0.05) is 0 Å². The smallest absolute Gasteiger partial charge is 0.270 e. The number of rotatable bonds is 2. The number of carbonyl (C=O) groups is 1. The molecule has 2 rings (SSSR count). The molecule has 0 bridgehead atoms. The molecular weight excluding hydrogens is 209 g/mol. The van der Waals surface area contributed by atoms with Crippen molar-refractivity contribution in [2.45, 2.75) is 6.92 Å². The second-order valence-corrected chi connectivity index (χ2v) is 3.42. The summed E-state index contributed by atoms with van der Waals surface area (Å²) in [4.78, 5) is 17.7. The highest BCUT2D eigenvalue weighted by atomic mass is 19.1. The maximum Gasteiger partial charge on any atom is 0.270 e. The van der Waals surface area contributed by atoms with Gasteiger partial charge in [0.05, 0.1) is 0 Å². The van der Waals surface area contributed by atoms with E-state index in [1.165, 1.54) is 0 Å². The van der Waals surface area contributed by atoms with E-state index in [0.717, 1.165) is 0 Å². The fourth-order valence-electron chi connectivity index (χ4n) is 1.51. The summed E-state index contributed by atoms with van der Waals surface area (Å²) < 4.78 is 13.9. The summed E-state index contributed by atoms with van der Waals surface area (Å²) in [5.41, 5.74) is 6.15. The summed E-state index contributed by atoms with van der Waals surface area (Å²) in [5.74, 6) is -1.56. The first-order chi connectivity index (χ1) is 7.59. The second-order valence-electron chi connectivity index (χ2n) is 3.42. The molecule has 82 valence electrons. The van der Waals surface area contributed by atoms with E-state index in [9.17, 15) is 9.18 Å². The number of nitrogens with two attached hydrogens (primary N) is 1. The summed E-state index contributed by atoms with van der Waals surface area (Å²) in [6, 6.07) is 5.02. The quantitative estimate of drug-likeness (QED) is 0.805. The fraction of sp³-hybridized carbons (Fsp3) is 0.0909. The fourth-order valence-corrected chi connectivity index (χ4v) is 1.51. The average molecular weight is 219 g/mol. The van der Waals surface area contributed by atoms with Crippen molar-refractivity contribution in [1.29, 1.82) is 0 Å². The number of aromatic amines is 1. The molecule has 3 N–H and O–H groups in total. The van der Waals surface area contributed by atoms with Crippen molar-refractivity contribution in [2.75, 3.05) is 0 Å². The van der Waals surface area contributed by atoms with E-state index in [1.54, 1.807) is 31.3 Å². The van der Waals surface area contributed by atoms with Gasteiger partial charge in [0.15, 0.2) is 11.5 Å². The van der Waals surface area contributed by atoms with Crippen molar-refractivity contribution >= 4 is 5.91 Å². The lowest BCUT2D eigenvalue weighted by atomic mass is 10.1. The summed E-state index contributed by atoms with van der Waals surface area (Å²) in [5, 5.41) is 0. The first kappa shape index (κ1) is 10.4. The first-order valence-corrected chi connectivity index (χ1v) is 4.70. The third-order valence-corrected chi connectivity index (χ3v) is 2.21. The maximum atomic E-state index is 13.9. The van der Waals surface area contributed by atoms with E-state index < -0.39 is 11.7 Å². The molecule has 0 aliphatic heterocycles. The molecule has 4 nitrogen and oxygen atoms in total. The highest BCUT2D eigenvalue weighted by Gasteiger charge is 2.16. The molecule has 5 heteroatoms.